The molecule has 96 valence electrons. The number of hydrogen-bond donors (Lipinski definition) is 1. The van der Waals surface area contributed by atoms with Crippen molar-refractivity contribution in [3.63, 3.8) is 0 Å². The molecular weight excluding hydrogens is 206 g/mol. The molecule has 0 saturated heterocycles. The van der Waals surface area contributed by atoms with Gasteiger partial charge in [-0.15, -0.1) is 0 Å². The first-order chi connectivity index (χ1) is 8.27. The average molecular weight is 233 g/mol. The van der Waals surface area contributed by atoms with Gasteiger partial charge in [-0.05, 0) is 43.9 Å². The summed E-state index contributed by atoms with van der Waals surface area (Å²) in [6.07, 6.45) is 6.31. The van der Waals surface area contributed by atoms with E-state index in [9.17, 15) is 0 Å². The molecule has 0 amide bonds. The fraction of sp³-hybridized carbons (Fsp3) is 0.625. The molecule has 17 heavy (non-hydrogen) atoms. The summed E-state index contributed by atoms with van der Waals surface area (Å²) in [5.41, 5.74) is 2.87. The highest BCUT2D eigenvalue weighted by molar-refractivity contribution is 5.24. The predicted molar refractivity (Wildman–Crippen MR) is 76.4 cm³/mol. The highest BCUT2D eigenvalue weighted by Gasteiger charge is 2.03. The fourth-order valence-electron chi connectivity index (χ4n) is 1.97. The summed E-state index contributed by atoms with van der Waals surface area (Å²) in [5, 5.41) is 3.56. The summed E-state index contributed by atoms with van der Waals surface area (Å²) in [4.78, 5) is 0. The lowest BCUT2D eigenvalue weighted by Crippen LogP contribution is -2.19. The molecule has 0 saturated carbocycles. The summed E-state index contributed by atoms with van der Waals surface area (Å²) < 4.78 is 0. The maximum absolute atomic E-state index is 3.56. The van der Waals surface area contributed by atoms with E-state index in [1.54, 1.807) is 0 Å². The van der Waals surface area contributed by atoms with Crippen LogP contribution in [-0.4, -0.2) is 6.54 Å². The molecule has 1 nitrogen and oxygen atoms in total. The van der Waals surface area contributed by atoms with Crippen molar-refractivity contribution in [1.82, 2.24) is 5.32 Å². The van der Waals surface area contributed by atoms with Crippen LogP contribution >= 0.6 is 0 Å². The van der Waals surface area contributed by atoms with Gasteiger partial charge in [0.05, 0.1) is 0 Å². The quantitative estimate of drug-likeness (QED) is 0.653. The standard InChI is InChI=1S/C16H27N/c1-4-6-8-15-9-11-16(12-10-15)14(3)17-13-7-5-2/h9-12,14,17H,4-8,13H2,1-3H3. The number of rotatable bonds is 8. The van der Waals surface area contributed by atoms with Gasteiger partial charge in [-0.2, -0.15) is 0 Å². The monoisotopic (exact) mass is 233 g/mol. The summed E-state index contributed by atoms with van der Waals surface area (Å²) in [6.45, 7) is 7.84. The highest BCUT2D eigenvalue weighted by atomic mass is 14.9. The smallest absolute Gasteiger partial charge is 0.0291 e. The molecule has 1 heteroatoms. The van der Waals surface area contributed by atoms with E-state index in [0.29, 0.717) is 6.04 Å². The highest BCUT2D eigenvalue weighted by Crippen LogP contribution is 2.14. The van der Waals surface area contributed by atoms with Crippen molar-refractivity contribution in [3.8, 4) is 0 Å². The first-order valence-electron chi connectivity index (χ1n) is 7.10. The van der Waals surface area contributed by atoms with E-state index < -0.39 is 0 Å². The van der Waals surface area contributed by atoms with Crippen LogP contribution in [0.3, 0.4) is 0 Å². The molecule has 1 unspecified atom stereocenters. The van der Waals surface area contributed by atoms with Crippen molar-refractivity contribution < 1.29 is 0 Å². The van der Waals surface area contributed by atoms with Crippen LogP contribution in [0.1, 0.15) is 63.6 Å². The average Bonchev–Trinajstić information content (AvgIpc) is 2.37. The summed E-state index contributed by atoms with van der Waals surface area (Å²) in [5.74, 6) is 0. The van der Waals surface area contributed by atoms with Crippen LogP contribution in [0.5, 0.6) is 0 Å². The largest absolute Gasteiger partial charge is 0.310 e. The molecule has 1 atom stereocenters. The second-order valence-electron chi connectivity index (χ2n) is 4.87. The molecule has 0 heterocycles. The molecule has 0 bridgehead atoms. The van der Waals surface area contributed by atoms with Crippen LogP contribution in [-0.2, 0) is 6.42 Å². The molecule has 1 N–H and O–H groups in total. The van der Waals surface area contributed by atoms with Gasteiger partial charge in [0.1, 0.15) is 0 Å². The zero-order valence-corrected chi connectivity index (χ0v) is 11.6. The number of unbranched alkanes of at least 4 members (excludes halogenated alkanes) is 2. The molecule has 0 radical (unpaired) electrons. The summed E-state index contributed by atoms with van der Waals surface area (Å²) >= 11 is 0. The Morgan fingerprint density at radius 2 is 1.65 bits per heavy atom. The van der Waals surface area contributed by atoms with Gasteiger partial charge in [-0.25, -0.2) is 0 Å². The van der Waals surface area contributed by atoms with Gasteiger partial charge < -0.3 is 5.32 Å². The van der Waals surface area contributed by atoms with Gasteiger partial charge >= 0.3 is 0 Å². The van der Waals surface area contributed by atoms with Crippen LogP contribution in [0, 0.1) is 0 Å². The fourth-order valence-corrected chi connectivity index (χ4v) is 1.97. The molecule has 0 aliphatic heterocycles. The minimum Gasteiger partial charge on any atom is -0.310 e. The molecule has 0 fully saturated rings. The van der Waals surface area contributed by atoms with Crippen LogP contribution < -0.4 is 5.32 Å². The Kier molecular flexibility index (Phi) is 6.95. The lowest BCUT2D eigenvalue weighted by molar-refractivity contribution is 0.554. The van der Waals surface area contributed by atoms with Crippen molar-refractivity contribution in [3.05, 3.63) is 35.4 Å². The lowest BCUT2D eigenvalue weighted by Gasteiger charge is -2.14. The zero-order chi connectivity index (χ0) is 12.5. The third-order valence-corrected chi connectivity index (χ3v) is 3.28. The van der Waals surface area contributed by atoms with E-state index in [4.69, 9.17) is 0 Å². The minimum absolute atomic E-state index is 0.474. The van der Waals surface area contributed by atoms with Crippen LogP contribution in [0.2, 0.25) is 0 Å². The van der Waals surface area contributed by atoms with E-state index in [1.165, 1.54) is 43.2 Å². The van der Waals surface area contributed by atoms with Crippen LogP contribution in [0.4, 0.5) is 0 Å². The Balaban J connectivity index is 2.43. The number of aryl methyl sites for hydroxylation is 1. The van der Waals surface area contributed by atoms with E-state index in [-0.39, 0.29) is 0 Å². The van der Waals surface area contributed by atoms with E-state index >= 15 is 0 Å². The lowest BCUT2D eigenvalue weighted by atomic mass is 10.0. The van der Waals surface area contributed by atoms with Crippen LogP contribution in [0.15, 0.2) is 24.3 Å². The van der Waals surface area contributed by atoms with Gasteiger partial charge in [0, 0.05) is 6.04 Å². The van der Waals surface area contributed by atoms with Crippen molar-refractivity contribution in [1.29, 1.82) is 0 Å². The SMILES string of the molecule is CCCCNC(C)c1ccc(CCCC)cc1. The molecule has 0 aliphatic rings. The maximum Gasteiger partial charge on any atom is 0.0291 e. The normalized spacial score (nSPS) is 12.6. The maximum atomic E-state index is 3.56. The summed E-state index contributed by atoms with van der Waals surface area (Å²) in [7, 11) is 0. The number of benzene rings is 1. The molecule has 0 aromatic heterocycles. The first kappa shape index (κ1) is 14.2. The van der Waals surface area contributed by atoms with E-state index in [2.05, 4.69) is 50.4 Å². The van der Waals surface area contributed by atoms with Crippen molar-refractivity contribution in [2.75, 3.05) is 6.54 Å². The Hall–Kier alpha value is -0.820. The van der Waals surface area contributed by atoms with Gasteiger partial charge in [-0.1, -0.05) is 51.0 Å². The molecule has 1 rings (SSSR count). The zero-order valence-electron chi connectivity index (χ0n) is 11.6. The second kappa shape index (κ2) is 8.30. The van der Waals surface area contributed by atoms with Crippen molar-refractivity contribution >= 4 is 0 Å². The third kappa shape index (κ3) is 5.36. The Morgan fingerprint density at radius 3 is 2.24 bits per heavy atom. The predicted octanol–water partition coefficient (Wildman–Crippen LogP) is 4.48. The number of hydrogen-bond acceptors (Lipinski definition) is 1. The van der Waals surface area contributed by atoms with Crippen molar-refractivity contribution in [2.45, 2.75) is 58.9 Å². The first-order valence-corrected chi connectivity index (χ1v) is 7.10. The van der Waals surface area contributed by atoms with E-state index in [0.717, 1.165) is 6.54 Å². The molecular formula is C16H27N. The second-order valence-corrected chi connectivity index (χ2v) is 4.87. The molecule has 1 aromatic carbocycles. The Bertz CT molecular complexity index is 289. The van der Waals surface area contributed by atoms with Crippen LogP contribution in [0.25, 0.3) is 0 Å². The molecule has 1 aromatic rings. The Morgan fingerprint density at radius 1 is 1.00 bits per heavy atom. The van der Waals surface area contributed by atoms with E-state index in [1.807, 2.05) is 0 Å². The molecule has 0 spiro atoms. The minimum atomic E-state index is 0.474. The van der Waals surface area contributed by atoms with Gasteiger partial charge in [-0.3, -0.25) is 0 Å². The summed E-state index contributed by atoms with van der Waals surface area (Å²) in [6, 6.07) is 9.58. The third-order valence-electron chi connectivity index (χ3n) is 3.28. The number of nitrogens with one attached hydrogen (secondary N) is 1. The topological polar surface area (TPSA) is 12.0 Å². The Labute approximate surface area is 107 Å². The van der Waals surface area contributed by atoms with Gasteiger partial charge in [0.25, 0.3) is 0 Å². The van der Waals surface area contributed by atoms with Gasteiger partial charge in [0.15, 0.2) is 0 Å². The van der Waals surface area contributed by atoms with Gasteiger partial charge in [0.2, 0.25) is 0 Å². The van der Waals surface area contributed by atoms with Crippen molar-refractivity contribution in [2.24, 2.45) is 0 Å². The molecule has 0 aliphatic carbocycles.